The molecule has 0 bridgehead atoms. The van der Waals surface area contributed by atoms with Crippen molar-refractivity contribution >= 4 is 55.7 Å². The number of hydrogen-bond donors (Lipinski definition) is 0. The molecule has 1 unspecified atom stereocenters. The van der Waals surface area contributed by atoms with Crippen LogP contribution in [0.25, 0.3) is 122 Å². The van der Waals surface area contributed by atoms with Crippen LogP contribution in [0.1, 0.15) is 44.5 Å². The molecule has 0 saturated carbocycles. The van der Waals surface area contributed by atoms with Crippen molar-refractivity contribution in [2.24, 2.45) is 0 Å². The molecule has 0 radical (unpaired) electrons. The molecule has 2 heteroatoms. The van der Waals surface area contributed by atoms with Gasteiger partial charge in [0.2, 0.25) is 0 Å². The first kappa shape index (κ1) is 71.1. The lowest BCUT2D eigenvalue weighted by molar-refractivity contribution is 0.768. The first-order valence-corrected chi connectivity index (χ1v) is 41.6. The van der Waals surface area contributed by atoms with Crippen molar-refractivity contribution < 1.29 is 0 Å². The largest absolute Gasteiger partial charge is 0.309 e. The molecule has 0 amide bonds. The van der Waals surface area contributed by atoms with E-state index in [1.807, 2.05) is 0 Å². The van der Waals surface area contributed by atoms with Crippen LogP contribution in [-0.2, 0) is 10.8 Å². The van der Waals surface area contributed by atoms with Crippen molar-refractivity contribution in [3.8, 4) is 100 Å². The lowest BCUT2D eigenvalue weighted by Crippen LogP contribution is -2.28. The van der Waals surface area contributed by atoms with E-state index in [1.54, 1.807) is 0 Å². The van der Waals surface area contributed by atoms with Gasteiger partial charge in [0.15, 0.2) is 0 Å². The Balaban J connectivity index is 0.632. The molecule has 0 spiro atoms. The first-order valence-electron chi connectivity index (χ1n) is 41.6. The number of rotatable bonds is 17. The normalized spacial score (nSPS) is 13.4. The molecular formula is C118H80N2. The number of para-hydroxylation sites is 2. The quantitative estimate of drug-likeness (QED) is 0.0896. The van der Waals surface area contributed by atoms with E-state index in [1.165, 1.54) is 127 Å². The Morgan fingerprint density at radius 1 is 0.150 bits per heavy atom. The fourth-order valence-corrected chi connectivity index (χ4v) is 19.8. The monoisotopic (exact) mass is 1520 g/mol. The molecule has 562 valence electrons. The minimum atomic E-state index is -0.690. The second-order valence-electron chi connectivity index (χ2n) is 31.7. The van der Waals surface area contributed by atoms with Gasteiger partial charge in [-0.2, -0.15) is 0 Å². The van der Waals surface area contributed by atoms with E-state index in [4.69, 9.17) is 0 Å². The summed E-state index contributed by atoms with van der Waals surface area (Å²) in [6, 6.07) is 180. The van der Waals surface area contributed by atoms with Crippen molar-refractivity contribution in [3.63, 3.8) is 0 Å². The van der Waals surface area contributed by atoms with Gasteiger partial charge in [-0.15, -0.1) is 0 Å². The molecule has 2 aliphatic carbocycles. The van der Waals surface area contributed by atoms with Gasteiger partial charge in [0, 0.05) is 33.6 Å². The van der Waals surface area contributed by atoms with Crippen molar-refractivity contribution in [2.75, 3.05) is 9.80 Å². The Bertz CT molecular complexity index is 7170. The molecule has 0 fully saturated rings. The fourth-order valence-electron chi connectivity index (χ4n) is 19.8. The maximum Gasteiger partial charge on any atom is 0.0714 e. The van der Waals surface area contributed by atoms with E-state index < -0.39 is 10.8 Å². The fraction of sp³-hybridized carbons (Fsp3) is 0.0169. The van der Waals surface area contributed by atoms with Gasteiger partial charge in [-0.3, -0.25) is 0 Å². The van der Waals surface area contributed by atoms with Crippen LogP contribution in [0.5, 0.6) is 0 Å². The minimum Gasteiger partial charge on any atom is -0.309 e. The third kappa shape index (κ3) is 11.9. The Kier molecular flexibility index (Phi) is 17.8. The average molecular weight is 1530 g/mol. The van der Waals surface area contributed by atoms with Gasteiger partial charge in [-0.05, 0) is 205 Å². The highest BCUT2D eigenvalue weighted by atomic mass is 15.2. The first-order chi connectivity index (χ1) is 59.5. The highest BCUT2D eigenvalue weighted by Gasteiger charge is 2.49. The van der Waals surface area contributed by atoms with Gasteiger partial charge in [-0.1, -0.05) is 425 Å². The molecule has 0 aliphatic heterocycles. The van der Waals surface area contributed by atoms with Crippen molar-refractivity contribution in [1.29, 1.82) is 0 Å². The van der Waals surface area contributed by atoms with Crippen molar-refractivity contribution in [1.82, 2.24) is 0 Å². The second kappa shape index (κ2) is 30.0. The molecule has 2 aliphatic rings. The Morgan fingerprint density at radius 2 is 0.433 bits per heavy atom. The van der Waals surface area contributed by atoms with Crippen molar-refractivity contribution in [2.45, 2.75) is 10.8 Å². The van der Waals surface area contributed by atoms with Gasteiger partial charge in [0.25, 0.3) is 0 Å². The second-order valence-corrected chi connectivity index (χ2v) is 31.7. The topological polar surface area (TPSA) is 6.48 Å². The maximum absolute atomic E-state index is 2.52. The van der Waals surface area contributed by atoms with Crippen LogP contribution in [0.4, 0.5) is 34.1 Å². The zero-order valence-corrected chi connectivity index (χ0v) is 66.1. The lowest BCUT2D eigenvalue weighted by Gasteiger charge is -2.35. The molecule has 0 saturated heterocycles. The van der Waals surface area contributed by atoms with Crippen LogP contribution >= 0.6 is 0 Å². The summed E-state index contributed by atoms with van der Waals surface area (Å²) in [5.41, 5.74) is 36.3. The zero-order chi connectivity index (χ0) is 79.5. The van der Waals surface area contributed by atoms with E-state index in [9.17, 15) is 0 Å². The summed E-state index contributed by atoms with van der Waals surface area (Å²) >= 11 is 0. The number of benzene rings is 20. The van der Waals surface area contributed by atoms with Gasteiger partial charge in [0.1, 0.15) is 0 Å². The molecule has 22 rings (SSSR count). The number of fused-ring (bicyclic) bond motifs is 8. The molecule has 20 aromatic carbocycles. The SMILES string of the molecule is c1ccc(-c2ccc(N(c3ccccc3-c3ccc(-c4cccc5ccc(-c6ccc(C7(c8ccccc8)c8ccccc8-c8c(N(c9ccc(-c%10ccccc%10)cc9)c9ccccc9-c9ccc(-c%10ccc%11ccccc%11c%10)cc9)cccc87)cc6)cc45)cc3)c3cccc4c3-c3ccccc3C4(c3ccccc3)c3ccccc3)cc2)cc1. The van der Waals surface area contributed by atoms with E-state index in [0.717, 1.165) is 73.1 Å². The summed E-state index contributed by atoms with van der Waals surface area (Å²) in [5.74, 6) is 0. The molecule has 0 heterocycles. The number of hydrogen-bond acceptors (Lipinski definition) is 2. The third-order valence-electron chi connectivity index (χ3n) is 25.3. The lowest BCUT2D eigenvalue weighted by atomic mass is 9.67. The van der Waals surface area contributed by atoms with Gasteiger partial charge in [0.05, 0.1) is 33.6 Å². The maximum atomic E-state index is 2.52. The van der Waals surface area contributed by atoms with Crippen LogP contribution < -0.4 is 9.80 Å². The van der Waals surface area contributed by atoms with Crippen LogP contribution in [0.15, 0.2) is 485 Å². The van der Waals surface area contributed by atoms with Gasteiger partial charge >= 0.3 is 0 Å². The molecule has 0 aromatic heterocycles. The summed E-state index contributed by atoms with van der Waals surface area (Å²) in [5, 5.41) is 4.86. The highest BCUT2D eigenvalue weighted by Crippen LogP contribution is 2.63. The van der Waals surface area contributed by atoms with Crippen LogP contribution in [0, 0.1) is 0 Å². The zero-order valence-electron chi connectivity index (χ0n) is 66.1. The number of nitrogens with zero attached hydrogens (tertiary/aromatic N) is 2. The standard InChI is InChI=1S/C118H80N2/c1-6-29-81(30-7-1)84-69-75-99(76-70-84)119(111-51-24-20-42-102(111)90-58-55-86(56-59-90)93-65-57-83-33-16-17-34-92(83)79-93)114-54-28-50-110-116(114)105-45-19-23-48-108(105)118(110,97-40-14-5-15-41-97)98-73-67-87(68-74-98)94-66-64-88-35-26-46-101(106(88)80-94)89-60-62-91(63-61-89)103-43-21-25-52-112(103)120(100-77-71-85(72-78-100)82-31-8-2-9-32-82)113-53-27-49-109-115(113)104-44-18-22-47-107(104)117(109,95-36-10-3-11-37-95)96-38-12-4-13-39-96/h1-80H. The molecule has 2 nitrogen and oxygen atoms in total. The Morgan fingerprint density at radius 3 is 0.900 bits per heavy atom. The Labute approximate surface area is 701 Å². The summed E-state index contributed by atoms with van der Waals surface area (Å²) < 4.78 is 0. The average Bonchev–Trinajstić information content (AvgIpc) is 1.53. The predicted molar refractivity (Wildman–Crippen MR) is 503 cm³/mol. The van der Waals surface area contributed by atoms with E-state index >= 15 is 0 Å². The smallest absolute Gasteiger partial charge is 0.0714 e. The van der Waals surface area contributed by atoms with E-state index in [-0.39, 0.29) is 0 Å². The number of anilines is 6. The molecular weight excluding hydrogens is 1450 g/mol. The summed E-state index contributed by atoms with van der Waals surface area (Å²) in [7, 11) is 0. The van der Waals surface area contributed by atoms with Gasteiger partial charge in [-0.25, -0.2) is 0 Å². The summed E-state index contributed by atoms with van der Waals surface area (Å²) in [6.45, 7) is 0. The van der Waals surface area contributed by atoms with Crippen LogP contribution in [0.2, 0.25) is 0 Å². The third-order valence-corrected chi connectivity index (χ3v) is 25.3. The minimum absolute atomic E-state index is 0.570. The van der Waals surface area contributed by atoms with Crippen LogP contribution in [-0.4, -0.2) is 0 Å². The van der Waals surface area contributed by atoms with Gasteiger partial charge < -0.3 is 9.80 Å². The molecule has 120 heavy (non-hydrogen) atoms. The highest BCUT2D eigenvalue weighted by molar-refractivity contribution is 6.04. The molecule has 0 N–H and O–H groups in total. The van der Waals surface area contributed by atoms with Crippen molar-refractivity contribution in [3.05, 3.63) is 530 Å². The predicted octanol–water partition coefficient (Wildman–Crippen LogP) is 31.3. The summed E-state index contributed by atoms with van der Waals surface area (Å²) in [4.78, 5) is 5.03. The molecule has 20 aromatic rings. The van der Waals surface area contributed by atoms with Crippen LogP contribution in [0.3, 0.4) is 0 Å². The van der Waals surface area contributed by atoms with E-state index in [2.05, 4.69) is 495 Å². The van der Waals surface area contributed by atoms with E-state index in [0.29, 0.717) is 0 Å². The Hall–Kier alpha value is -15.5. The molecule has 1 atom stereocenters. The summed E-state index contributed by atoms with van der Waals surface area (Å²) in [6.07, 6.45) is 0.